The quantitative estimate of drug-likeness (QED) is 0.782. The fraction of sp³-hybridized carbons (Fsp3) is 0.462. The van der Waals surface area contributed by atoms with Crippen molar-refractivity contribution in [1.29, 1.82) is 0 Å². The van der Waals surface area contributed by atoms with Gasteiger partial charge in [0.2, 0.25) is 11.8 Å². The van der Waals surface area contributed by atoms with Crippen LogP contribution in [-0.2, 0) is 16.1 Å². The first-order valence-electron chi connectivity index (χ1n) is 5.84. The first kappa shape index (κ1) is 14.2. The number of rotatable bonds is 4. The zero-order valence-corrected chi connectivity index (χ0v) is 11.0. The van der Waals surface area contributed by atoms with E-state index in [4.69, 9.17) is 0 Å². The summed E-state index contributed by atoms with van der Waals surface area (Å²) in [4.78, 5) is 27.1. The maximum atomic E-state index is 11.5. The summed E-state index contributed by atoms with van der Waals surface area (Å²) in [6.45, 7) is 5.95. The van der Waals surface area contributed by atoms with Crippen LogP contribution in [0.4, 0.5) is 0 Å². The lowest BCUT2D eigenvalue weighted by Gasteiger charge is -2.20. The molecule has 1 rings (SSSR count). The summed E-state index contributed by atoms with van der Waals surface area (Å²) >= 11 is 0. The van der Waals surface area contributed by atoms with Gasteiger partial charge in [0, 0.05) is 11.7 Å². The molecule has 2 N–H and O–H groups in total. The second kappa shape index (κ2) is 6.14. The first-order chi connectivity index (χ1) is 8.37. The number of aromatic nitrogens is 1. The maximum Gasteiger partial charge on any atom is 0.229 e. The molecule has 2 amide bonds. The van der Waals surface area contributed by atoms with Crippen molar-refractivity contribution in [3.05, 3.63) is 30.1 Å². The Kier molecular flexibility index (Phi) is 4.83. The molecule has 0 unspecified atom stereocenters. The van der Waals surface area contributed by atoms with Crippen molar-refractivity contribution in [2.24, 2.45) is 0 Å². The van der Waals surface area contributed by atoms with E-state index >= 15 is 0 Å². The Hall–Kier alpha value is -1.91. The van der Waals surface area contributed by atoms with Gasteiger partial charge >= 0.3 is 0 Å². The zero-order valence-electron chi connectivity index (χ0n) is 11.0. The lowest BCUT2D eigenvalue weighted by molar-refractivity contribution is -0.130. The predicted molar refractivity (Wildman–Crippen MR) is 68.6 cm³/mol. The van der Waals surface area contributed by atoms with Crippen LogP contribution in [0, 0.1) is 0 Å². The number of amides is 2. The van der Waals surface area contributed by atoms with E-state index in [1.807, 2.05) is 39.0 Å². The Morgan fingerprint density at radius 2 is 1.94 bits per heavy atom. The number of nitrogens with one attached hydrogen (secondary N) is 2. The second-order valence-corrected chi connectivity index (χ2v) is 5.07. The van der Waals surface area contributed by atoms with Gasteiger partial charge < -0.3 is 10.6 Å². The molecule has 5 nitrogen and oxygen atoms in total. The molecular weight excluding hydrogens is 230 g/mol. The van der Waals surface area contributed by atoms with Crippen molar-refractivity contribution in [2.45, 2.75) is 39.3 Å². The fourth-order valence-electron chi connectivity index (χ4n) is 1.36. The number of hydrogen-bond acceptors (Lipinski definition) is 3. The molecule has 0 saturated carbocycles. The molecule has 0 aromatic carbocycles. The molecule has 0 fully saturated rings. The third-order valence-electron chi connectivity index (χ3n) is 2.03. The number of hydrogen-bond donors (Lipinski definition) is 2. The standard InChI is InChI=1S/C13H19N3O2/c1-13(2,3)16-12(18)8-11(17)15-9-10-6-4-5-7-14-10/h4-7H,8-9H2,1-3H3,(H,15,17)(H,16,18). The molecule has 18 heavy (non-hydrogen) atoms. The highest BCUT2D eigenvalue weighted by molar-refractivity contribution is 5.97. The van der Waals surface area contributed by atoms with E-state index in [1.54, 1.807) is 6.20 Å². The van der Waals surface area contributed by atoms with Crippen molar-refractivity contribution in [1.82, 2.24) is 15.6 Å². The van der Waals surface area contributed by atoms with Gasteiger partial charge in [-0.2, -0.15) is 0 Å². The van der Waals surface area contributed by atoms with Gasteiger partial charge in [0.15, 0.2) is 0 Å². The molecule has 0 bridgehead atoms. The summed E-state index contributed by atoms with van der Waals surface area (Å²) < 4.78 is 0. The molecular formula is C13H19N3O2. The van der Waals surface area contributed by atoms with Crippen LogP contribution in [0.25, 0.3) is 0 Å². The van der Waals surface area contributed by atoms with Gasteiger partial charge in [-0.3, -0.25) is 14.6 Å². The molecule has 0 spiro atoms. The normalized spacial score (nSPS) is 10.8. The van der Waals surface area contributed by atoms with Crippen LogP contribution in [0.1, 0.15) is 32.9 Å². The topological polar surface area (TPSA) is 71.1 Å². The minimum Gasteiger partial charge on any atom is -0.351 e. The van der Waals surface area contributed by atoms with E-state index in [0.29, 0.717) is 6.54 Å². The van der Waals surface area contributed by atoms with E-state index in [-0.39, 0.29) is 23.8 Å². The minimum absolute atomic E-state index is 0.163. The Balaban J connectivity index is 2.32. The summed E-state index contributed by atoms with van der Waals surface area (Å²) in [6, 6.07) is 5.47. The number of carbonyl (C=O) groups excluding carboxylic acids is 2. The Morgan fingerprint density at radius 3 is 2.50 bits per heavy atom. The molecule has 1 aromatic rings. The highest BCUT2D eigenvalue weighted by atomic mass is 16.2. The lowest BCUT2D eigenvalue weighted by atomic mass is 10.1. The largest absolute Gasteiger partial charge is 0.351 e. The molecule has 0 aliphatic rings. The van der Waals surface area contributed by atoms with Gasteiger partial charge in [0.05, 0.1) is 12.2 Å². The number of nitrogens with zero attached hydrogens (tertiary/aromatic N) is 1. The van der Waals surface area contributed by atoms with E-state index in [9.17, 15) is 9.59 Å². The SMILES string of the molecule is CC(C)(C)NC(=O)CC(=O)NCc1ccccn1. The van der Waals surface area contributed by atoms with Gasteiger partial charge in [0.1, 0.15) is 6.42 Å². The van der Waals surface area contributed by atoms with Crippen LogP contribution in [-0.4, -0.2) is 22.3 Å². The molecule has 98 valence electrons. The average molecular weight is 249 g/mol. The molecule has 0 radical (unpaired) electrons. The maximum absolute atomic E-state index is 11.5. The van der Waals surface area contributed by atoms with Crippen LogP contribution in [0.5, 0.6) is 0 Å². The fourth-order valence-corrected chi connectivity index (χ4v) is 1.36. The third-order valence-corrected chi connectivity index (χ3v) is 2.03. The smallest absolute Gasteiger partial charge is 0.229 e. The molecule has 5 heteroatoms. The molecule has 0 atom stereocenters. The summed E-state index contributed by atoms with van der Waals surface area (Å²) in [7, 11) is 0. The second-order valence-electron chi connectivity index (χ2n) is 5.07. The molecule has 0 aliphatic carbocycles. The summed E-state index contributed by atoms with van der Waals surface area (Å²) in [5, 5.41) is 5.39. The van der Waals surface area contributed by atoms with Gasteiger partial charge in [0.25, 0.3) is 0 Å². The monoisotopic (exact) mass is 249 g/mol. The third kappa shape index (κ3) is 5.98. The van der Waals surface area contributed by atoms with Crippen LogP contribution >= 0.6 is 0 Å². The average Bonchev–Trinajstić information content (AvgIpc) is 2.25. The number of carbonyl (C=O) groups is 2. The van der Waals surface area contributed by atoms with E-state index in [1.165, 1.54) is 0 Å². The highest BCUT2D eigenvalue weighted by Crippen LogP contribution is 1.99. The molecule has 0 saturated heterocycles. The van der Waals surface area contributed by atoms with Crippen molar-refractivity contribution in [3.8, 4) is 0 Å². The van der Waals surface area contributed by atoms with E-state index in [2.05, 4.69) is 15.6 Å². The molecule has 1 aromatic heterocycles. The van der Waals surface area contributed by atoms with E-state index in [0.717, 1.165) is 5.69 Å². The minimum atomic E-state index is -0.321. The zero-order chi connectivity index (χ0) is 13.6. The highest BCUT2D eigenvalue weighted by Gasteiger charge is 2.16. The van der Waals surface area contributed by atoms with Gasteiger partial charge in [-0.15, -0.1) is 0 Å². The van der Waals surface area contributed by atoms with Crippen LogP contribution in [0.3, 0.4) is 0 Å². The van der Waals surface area contributed by atoms with Crippen LogP contribution in [0.15, 0.2) is 24.4 Å². The Labute approximate surface area is 107 Å². The first-order valence-corrected chi connectivity index (χ1v) is 5.84. The lowest BCUT2D eigenvalue weighted by Crippen LogP contribution is -2.42. The Bertz CT molecular complexity index is 410. The van der Waals surface area contributed by atoms with Crippen LogP contribution < -0.4 is 10.6 Å². The van der Waals surface area contributed by atoms with Crippen molar-refractivity contribution in [3.63, 3.8) is 0 Å². The predicted octanol–water partition coefficient (Wildman–Crippen LogP) is 1.00. The summed E-state index contributed by atoms with van der Waals surface area (Å²) in [6.07, 6.45) is 1.50. The van der Waals surface area contributed by atoms with Gasteiger partial charge in [-0.05, 0) is 32.9 Å². The molecule has 0 aliphatic heterocycles. The summed E-state index contributed by atoms with van der Waals surface area (Å²) in [5.41, 5.74) is 0.445. The summed E-state index contributed by atoms with van der Waals surface area (Å²) in [5.74, 6) is -0.580. The van der Waals surface area contributed by atoms with Gasteiger partial charge in [-0.1, -0.05) is 6.07 Å². The van der Waals surface area contributed by atoms with Gasteiger partial charge in [-0.25, -0.2) is 0 Å². The molecule has 1 heterocycles. The van der Waals surface area contributed by atoms with Crippen LogP contribution in [0.2, 0.25) is 0 Å². The number of pyridine rings is 1. The Morgan fingerprint density at radius 1 is 1.22 bits per heavy atom. The van der Waals surface area contributed by atoms with E-state index < -0.39 is 0 Å². The van der Waals surface area contributed by atoms with Crippen molar-refractivity contribution in [2.75, 3.05) is 0 Å². The van der Waals surface area contributed by atoms with Crippen molar-refractivity contribution >= 4 is 11.8 Å². The van der Waals surface area contributed by atoms with Crippen molar-refractivity contribution < 1.29 is 9.59 Å².